The average Bonchev–Trinajstić information content (AvgIpc) is 3.04. The first-order valence-corrected chi connectivity index (χ1v) is 11.1. The van der Waals surface area contributed by atoms with Gasteiger partial charge in [-0.15, -0.1) is 0 Å². The Kier molecular flexibility index (Phi) is 6.10. The number of anilines is 1. The Hall–Kier alpha value is -2.73. The molecule has 0 radical (unpaired) electrons. The van der Waals surface area contributed by atoms with Crippen LogP contribution in [-0.2, 0) is 11.3 Å². The second-order valence-corrected chi connectivity index (χ2v) is 9.49. The van der Waals surface area contributed by atoms with Crippen LogP contribution in [0.1, 0.15) is 39.2 Å². The first-order valence-electron chi connectivity index (χ1n) is 10.7. The molecule has 1 amide bonds. The second kappa shape index (κ2) is 8.79. The van der Waals surface area contributed by atoms with E-state index in [1.807, 2.05) is 57.2 Å². The monoisotopic (exact) mass is 440 g/mol. The zero-order valence-electron chi connectivity index (χ0n) is 18.3. The number of piperidine rings is 1. The summed E-state index contributed by atoms with van der Waals surface area (Å²) in [7, 11) is 0. The zero-order valence-corrected chi connectivity index (χ0v) is 19.0. The minimum atomic E-state index is -0.498. The molecular formula is C24H29ClN4O2. The van der Waals surface area contributed by atoms with Crippen molar-refractivity contribution in [1.82, 2.24) is 14.5 Å². The summed E-state index contributed by atoms with van der Waals surface area (Å²) in [4.78, 5) is 19.2. The van der Waals surface area contributed by atoms with Gasteiger partial charge in [-0.3, -0.25) is 0 Å². The number of likely N-dealkylation sites (tertiary alicyclic amines) is 1. The van der Waals surface area contributed by atoms with Crippen LogP contribution < -0.4 is 5.32 Å². The van der Waals surface area contributed by atoms with E-state index < -0.39 is 5.60 Å². The number of carbonyl (C=O) groups is 1. The number of carbonyl (C=O) groups excluding carboxylic acids is 1. The Bertz CT molecular complexity index is 1070. The van der Waals surface area contributed by atoms with Gasteiger partial charge in [0.1, 0.15) is 5.60 Å². The predicted octanol–water partition coefficient (Wildman–Crippen LogP) is 5.55. The summed E-state index contributed by atoms with van der Waals surface area (Å²) in [6, 6.07) is 16.1. The number of aromatic nitrogens is 2. The molecule has 7 heteroatoms. The van der Waals surface area contributed by atoms with E-state index in [1.54, 1.807) is 4.90 Å². The van der Waals surface area contributed by atoms with E-state index in [9.17, 15) is 4.79 Å². The van der Waals surface area contributed by atoms with Gasteiger partial charge in [0.2, 0.25) is 5.95 Å². The molecule has 0 aliphatic carbocycles. The number of amides is 1. The standard InChI is InChI=1S/C24H29ClN4O2/c1-24(2,3)31-23(30)28-13-7-10-19(16-28)26-22-27-20-11-4-5-12-21(20)29(22)15-17-8-6-9-18(25)14-17/h4-6,8-9,11-12,14,19H,7,10,13,15-16H2,1-3H3,(H,26,27). The van der Waals surface area contributed by atoms with Crippen molar-refractivity contribution in [3.05, 3.63) is 59.1 Å². The average molecular weight is 441 g/mol. The highest BCUT2D eigenvalue weighted by molar-refractivity contribution is 6.30. The molecule has 2 heterocycles. The smallest absolute Gasteiger partial charge is 0.410 e. The normalized spacial score (nSPS) is 17.0. The third-order valence-corrected chi connectivity index (χ3v) is 5.53. The molecule has 164 valence electrons. The van der Waals surface area contributed by atoms with Gasteiger partial charge in [-0.1, -0.05) is 35.9 Å². The molecule has 4 rings (SSSR count). The van der Waals surface area contributed by atoms with Crippen molar-refractivity contribution < 1.29 is 9.53 Å². The molecule has 1 N–H and O–H groups in total. The van der Waals surface area contributed by atoms with Gasteiger partial charge in [0.05, 0.1) is 17.6 Å². The molecule has 1 saturated heterocycles. The molecule has 1 unspecified atom stereocenters. The van der Waals surface area contributed by atoms with E-state index >= 15 is 0 Å². The molecule has 0 spiro atoms. The molecule has 0 saturated carbocycles. The number of imidazole rings is 1. The van der Waals surface area contributed by atoms with Gasteiger partial charge >= 0.3 is 6.09 Å². The van der Waals surface area contributed by atoms with Gasteiger partial charge in [-0.05, 0) is 63.4 Å². The van der Waals surface area contributed by atoms with E-state index in [0.717, 1.165) is 40.4 Å². The van der Waals surface area contributed by atoms with Crippen molar-refractivity contribution in [2.24, 2.45) is 0 Å². The molecule has 1 atom stereocenters. The summed E-state index contributed by atoms with van der Waals surface area (Å²) >= 11 is 6.20. The van der Waals surface area contributed by atoms with Crippen LogP contribution in [0.2, 0.25) is 5.02 Å². The zero-order chi connectivity index (χ0) is 22.0. The Morgan fingerprint density at radius 1 is 1.23 bits per heavy atom. The largest absolute Gasteiger partial charge is 0.444 e. The van der Waals surface area contributed by atoms with Crippen LogP contribution in [0, 0.1) is 0 Å². The third kappa shape index (κ3) is 5.31. The number of nitrogens with one attached hydrogen (secondary N) is 1. The molecule has 2 aromatic carbocycles. The predicted molar refractivity (Wildman–Crippen MR) is 125 cm³/mol. The van der Waals surface area contributed by atoms with Gasteiger partial charge in [-0.25, -0.2) is 9.78 Å². The maximum absolute atomic E-state index is 12.5. The fraction of sp³-hybridized carbons (Fsp3) is 0.417. The van der Waals surface area contributed by atoms with Crippen LogP contribution in [0.25, 0.3) is 11.0 Å². The number of para-hydroxylation sites is 2. The highest BCUT2D eigenvalue weighted by Crippen LogP contribution is 2.25. The summed E-state index contributed by atoms with van der Waals surface area (Å²) in [5.41, 5.74) is 2.61. The Balaban J connectivity index is 1.56. The number of halogens is 1. The van der Waals surface area contributed by atoms with Crippen LogP contribution >= 0.6 is 11.6 Å². The maximum atomic E-state index is 12.5. The van der Waals surface area contributed by atoms with Gasteiger partial charge in [0.15, 0.2) is 0 Å². The summed E-state index contributed by atoms with van der Waals surface area (Å²) in [6.45, 7) is 7.64. The van der Waals surface area contributed by atoms with Crippen molar-refractivity contribution in [1.29, 1.82) is 0 Å². The van der Waals surface area contributed by atoms with Crippen molar-refractivity contribution in [3.63, 3.8) is 0 Å². The second-order valence-electron chi connectivity index (χ2n) is 9.05. The summed E-state index contributed by atoms with van der Waals surface area (Å²) in [5.74, 6) is 0.803. The Morgan fingerprint density at radius 3 is 2.81 bits per heavy atom. The quantitative estimate of drug-likeness (QED) is 0.577. The number of benzene rings is 2. The third-order valence-electron chi connectivity index (χ3n) is 5.29. The van der Waals surface area contributed by atoms with E-state index in [1.165, 1.54) is 0 Å². The first kappa shape index (κ1) is 21.5. The van der Waals surface area contributed by atoms with Gasteiger partial charge in [0, 0.05) is 24.2 Å². The van der Waals surface area contributed by atoms with Crippen LogP contribution in [-0.4, -0.2) is 45.3 Å². The van der Waals surface area contributed by atoms with Crippen molar-refractivity contribution >= 4 is 34.7 Å². The Labute approximate surface area is 188 Å². The van der Waals surface area contributed by atoms with Crippen LogP contribution in [0.15, 0.2) is 48.5 Å². The first-order chi connectivity index (χ1) is 14.8. The lowest BCUT2D eigenvalue weighted by atomic mass is 10.1. The van der Waals surface area contributed by atoms with Crippen molar-refractivity contribution in [2.75, 3.05) is 18.4 Å². The summed E-state index contributed by atoms with van der Waals surface area (Å²) in [6.07, 6.45) is 1.64. The number of fused-ring (bicyclic) bond motifs is 1. The fourth-order valence-corrected chi connectivity index (χ4v) is 4.15. The maximum Gasteiger partial charge on any atom is 0.410 e. The molecule has 1 aromatic heterocycles. The van der Waals surface area contributed by atoms with E-state index in [4.69, 9.17) is 21.3 Å². The van der Waals surface area contributed by atoms with Gasteiger partial charge < -0.3 is 19.5 Å². The number of rotatable bonds is 4. The highest BCUT2D eigenvalue weighted by atomic mass is 35.5. The molecule has 1 fully saturated rings. The van der Waals surface area contributed by atoms with E-state index in [2.05, 4.69) is 22.0 Å². The summed E-state index contributed by atoms with van der Waals surface area (Å²) in [5, 5.41) is 4.31. The van der Waals surface area contributed by atoms with Crippen LogP contribution in [0.3, 0.4) is 0 Å². The van der Waals surface area contributed by atoms with Crippen molar-refractivity contribution in [3.8, 4) is 0 Å². The molecule has 1 aliphatic heterocycles. The number of ether oxygens (including phenoxy) is 1. The van der Waals surface area contributed by atoms with E-state index in [-0.39, 0.29) is 12.1 Å². The molecule has 1 aliphatic rings. The minimum absolute atomic E-state index is 0.108. The van der Waals surface area contributed by atoms with Crippen LogP contribution in [0.4, 0.5) is 10.7 Å². The SMILES string of the molecule is CC(C)(C)OC(=O)N1CCCC(Nc2nc3ccccc3n2Cc2cccc(Cl)c2)C1. The number of hydrogen-bond acceptors (Lipinski definition) is 4. The summed E-state index contributed by atoms with van der Waals surface area (Å²) < 4.78 is 7.74. The molecular weight excluding hydrogens is 412 g/mol. The van der Waals surface area contributed by atoms with Crippen molar-refractivity contribution in [2.45, 2.75) is 51.8 Å². The van der Waals surface area contributed by atoms with E-state index in [0.29, 0.717) is 19.6 Å². The minimum Gasteiger partial charge on any atom is -0.444 e. The van der Waals surface area contributed by atoms with Gasteiger partial charge in [0.25, 0.3) is 0 Å². The molecule has 3 aromatic rings. The van der Waals surface area contributed by atoms with Gasteiger partial charge in [-0.2, -0.15) is 0 Å². The molecule has 31 heavy (non-hydrogen) atoms. The lowest BCUT2D eigenvalue weighted by Gasteiger charge is -2.34. The molecule has 0 bridgehead atoms. The highest BCUT2D eigenvalue weighted by Gasteiger charge is 2.28. The Morgan fingerprint density at radius 2 is 2.03 bits per heavy atom. The number of hydrogen-bond donors (Lipinski definition) is 1. The number of nitrogens with zero attached hydrogens (tertiary/aromatic N) is 3. The molecule has 6 nitrogen and oxygen atoms in total. The fourth-order valence-electron chi connectivity index (χ4n) is 3.93. The topological polar surface area (TPSA) is 59.4 Å². The lowest BCUT2D eigenvalue weighted by molar-refractivity contribution is 0.0206. The van der Waals surface area contributed by atoms with Crippen LogP contribution in [0.5, 0.6) is 0 Å². The lowest BCUT2D eigenvalue weighted by Crippen LogP contribution is -2.47.